The van der Waals surface area contributed by atoms with Crippen LogP contribution in [0.2, 0.25) is 0 Å². The molecule has 3 rings (SSSR count). The van der Waals surface area contributed by atoms with Crippen molar-refractivity contribution in [3.8, 4) is 0 Å². The maximum atomic E-state index is 13.1. The summed E-state index contributed by atoms with van der Waals surface area (Å²) in [5, 5.41) is 0. The summed E-state index contributed by atoms with van der Waals surface area (Å²) >= 11 is 0. The Hall–Kier alpha value is -3.21. The van der Waals surface area contributed by atoms with Gasteiger partial charge < -0.3 is 9.80 Å². The molecule has 2 aromatic rings. The predicted octanol–water partition coefficient (Wildman–Crippen LogP) is 2.89. The van der Waals surface area contributed by atoms with Gasteiger partial charge in [0.25, 0.3) is 5.91 Å². The molecule has 0 saturated carbocycles. The Labute approximate surface area is 158 Å². The summed E-state index contributed by atoms with van der Waals surface area (Å²) in [6.07, 6.45) is 1.57. The maximum Gasteiger partial charge on any atom is 0.291 e. The van der Waals surface area contributed by atoms with E-state index in [9.17, 15) is 14.4 Å². The molecule has 0 radical (unpaired) electrons. The van der Waals surface area contributed by atoms with Crippen molar-refractivity contribution in [3.05, 3.63) is 78.4 Å². The van der Waals surface area contributed by atoms with Crippen molar-refractivity contribution in [1.29, 1.82) is 0 Å². The van der Waals surface area contributed by atoms with Crippen molar-refractivity contribution in [2.24, 2.45) is 5.92 Å². The molecule has 2 atom stereocenters. The van der Waals surface area contributed by atoms with Crippen LogP contribution in [-0.4, -0.2) is 43.0 Å². The highest BCUT2D eigenvalue weighted by atomic mass is 16.2. The third-order valence-electron chi connectivity index (χ3n) is 4.82. The standard InChI is InChI=1S/C22H22N2O3/c1-4-14-24-19(15-10-12-17(13-11-15)23(2)3)18(21(26)22(24)27)20(25)16-8-6-5-7-9-16/h4-13,18-19H,1,14H2,2-3H3. The zero-order valence-electron chi connectivity index (χ0n) is 15.5. The zero-order chi connectivity index (χ0) is 19.6. The number of carbonyl (C=O) groups excluding carboxylic acids is 3. The summed E-state index contributed by atoms with van der Waals surface area (Å²) in [6.45, 7) is 3.89. The number of rotatable bonds is 6. The van der Waals surface area contributed by atoms with Gasteiger partial charge in [-0.3, -0.25) is 14.4 Å². The van der Waals surface area contributed by atoms with Crippen LogP contribution in [0.4, 0.5) is 5.69 Å². The number of likely N-dealkylation sites (tertiary alicyclic amines) is 1. The summed E-state index contributed by atoms with van der Waals surface area (Å²) in [4.78, 5) is 41.8. The summed E-state index contributed by atoms with van der Waals surface area (Å²) in [7, 11) is 3.87. The van der Waals surface area contributed by atoms with Crippen LogP contribution in [0, 0.1) is 5.92 Å². The number of nitrogens with zero attached hydrogens (tertiary/aromatic N) is 2. The van der Waals surface area contributed by atoms with Crippen molar-refractivity contribution in [3.63, 3.8) is 0 Å². The van der Waals surface area contributed by atoms with Crippen LogP contribution in [0.25, 0.3) is 0 Å². The molecule has 0 aliphatic carbocycles. The van der Waals surface area contributed by atoms with Gasteiger partial charge in [-0.2, -0.15) is 0 Å². The molecule has 5 heteroatoms. The first kappa shape index (κ1) is 18.6. The van der Waals surface area contributed by atoms with Crippen molar-refractivity contribution >= 4 is 23.2 Å². The second-order valence-corrected chi connectivity index (χ2v) is 6.75. The van der Waals surface area contributed by atoms with Gasteiger partial charge in [0.15, 0.2) is 5.78 Å². The molecule has 5 nitrogen and oxygen atoms in total. The third-order valence-corrected chi connectivity index (χ3v) is 4.82. The monoisotopic (exact) mass is 362 g/mol. The first-order valence-electron chi connectivity index (χ1n) is 8.78. The molecule has 0 bridgehead atoms. The van der Waals surface area contributed by atoms with Crippen molar-refractivity contribution in [1.82, 2.24) is 4.90 Å². The molecule has 138 valence electrons. The van der Waals surface area contributed by atoms with Gasteiger partial charge in [-0.1, -0.05) is 48.5 Å². The molecule has 1 fully saturated rings. The number of amides is 1. The number of hydrogen-bond acceptors (Lipinski definition) is 4. The number of Topliss-reactive ketones (excluding diaryl/α,β-unsaturated/α-hetero) is 2. The summed E-state index contributed by atoms with van der Waals surface area (Å²) in [5.41, 5.74) is 2.19. The summed E-state index contributed by atoms with van der Waals surface area (Å²) in [6, 6.07) is 15.6. The molecular formula is C22H22N2O3. The fourth-order valence-corrected chi connectivity index (χ4v) is 3.45. The Morgan fingerprint density at radius 3 is 2.26 bits per heavy atom. The molecule has 1 aliphatic heterocycles. The molecule has 1 amide bonds. The van der Waals surface area contributed by atoms with Crippen LogP contribution < -0.4 is 4.90 Å². The topological polar surface area (TPSA) is 57.7 Å². The van der Waals surface area contributed by atoms with Crippen molar-refractivity contribution in [2.45, 2.75) is 6.04 Å². The molecule has 0 N–H and O–H groups in total. The molecule has 1 heterocycles. The number of anilines is 1. The minimum absolute atomic E-state index is 0.212. The van der Waals surface area contributed by atoms with Gasteiger partial charge in [-0.05, 0) is 17.7 Å². The Morgan fingerprint density at radius 1 is 1.07 bits per heavy atom. The van der Waals surface area contributed by atoms with Crippen LogP contribution in [0.1, 0.15) is 22.0 Å². The highest BCUT2D eigenvalue weighted by Gasteiger charge is 2.51. The molecule has 0 aromatic heterocycles. The van der Waals surface area contributed by atoms with E-state index in [1.165, 1.54) is 4.90 Å². The molecular weight excluding hydrogens is 340 g/mol. The van der Waals surface area contributed by atoms with E-state index in [2.05, 4.69) is 6.58 Å². The second kappa shape index (κ2) is 7.58. The summed E-state index contributed by atoms with van der Waals surface area (Å²) < 4.78 is 0. The average Bonchev–Trinajstić information content (AvgIpc) is 2.93. The molecule has 0 spiro atoms. The number of ketones is 2. The Morgan fingerprint density at radius 2 is 1.70 bits per heavy atom. The van der Waals surface area contributed by atoms with Gasteiger partial charge in [-0.15, -0.1) is 6.58 Å². The van der Waals surface area contributed by atoms with Crippen LogP contribution in [0.5, 0.6) is 0 Å². The van der Waals surface area contributed by atoms with Crippen LogP contribution in [0.3, 0.4) is 0 Å². The van der Waals surface area contributed by atoms with E-state index in [4.69, 9.17) is 0 Å². The second-order valence-electron chi connectivity index (χ2n) is 6.75. The number of carbonyl (C=O) groups is 3. The lowest BCUT2D eigenvalue weighted by Gasteiger charge is -2.26. The molecule has 2 aromatic carbocycles. The fourth-order valence-electron chi connectivity index (χ4n) is 3.45. The van der Waals surface area contributed by atoms with Gasteiger partial charge in [0.1, 0.15) is 5.92 Å². The van der Waals surface area contributed by atoms with E-state index in [1.807, 2.05) is 43.3 Å². The van der Waals surface area contributed by atoms with E-state index in [0.29, 0.717) is 5.56 Å². The predicted molar refractivity (Wildman–Crippen MR) is 105 cm³/mol. The SMILES string of the molecule is C=CCN1C(=O)C(=O)C(C(=O)c2ccccc2)C1c1ccc(N(C)C)cc1. The van der Waals surface area contributed by atoms with Crippen molar-refractivity contribution < 1.29 is 14.4 Å². The van der Waals surface area contributed by atoms with Gasteiger partial charge in [0.05, 0.1) is 6.04 Å². The van der Waals surface area contributed by atoms with E-state index in [-0.39, 0.29) is 12.3 Å². The molecule has 1 saturated heterocycles. The lowest BCUT2D eigenvalue weighted by molar-refractivity contribution is -0.140. The maximum absolute atomic E-state index is 13.1. The largest absolute Gasteiger partial charge is 0.378 e. The molecule has 1 aliphatic rings. The van der Waals surface area contributed by atoms with Crippen LogP contribution in [0.15, 0.2) is 67.3 Å². The zero-order valence-corrected chi connectivity index (χ0v) is 15.5. The minimum atomic E-state index is -1.05. The number of hydrogen-bond donors (Lipinski definition) is 0. The first-order valence-corrected chi connectivity index (χ1v) is 8.78. The fraction of sp³-hybridized carbons (Fsp3) is 0.227. The van der Waals surface area contributed by atoms with Gasteiger partial charge in [0, 0.05) is 31.9 Å². The smallest absolute Gasteiger partial charge is 0.291 e. The van der Waals surface area contributed by atoms with E-state index in [0.717, 1.165) is 11.3 Å². The third kappa shape index (κ3) is 3.40. The quantitative estimate of drug-likeness (QED) is 0.343. The lowest BCUT2D eigenvalue weighted by Crippen LogP contribution is -2.30. The van der Waals surface area contributed by atoms with E-state index in [1.54, 1.807) is 36.4 Å². The summed E-state index contributed by atoms with van der Waals surface area (Å²) in [5.74, 6) is -2.68. The van der Waals surface area contributed by atoms with E-state index >= 15 is 0 Å². The lowest BCUT2D eigenvalue weighted by atomic mass is 9.86. The van der Waals surface area contributed by atoms with E-state index < -0.39 is 23.7 Å². The van der Waals surface area contributed by atoms with Crippen LogP contribution >= 0.6 is 0 Å². The van der Waals surface area contributed by atoms with Gasteiger partial charge in [0.2, 0.25) is 5.78 Å². The molecule has 2 unspecified atom stereocenters. The normalized spacial score (nSPS) is 19.3. The van der Waals surface area contributed by atoms with Gasteiger partial charge in [-0.25, -0.2) is 0 Å². The highest BCUT2D eigenvalue weighted by molar-refractivity contribution is 6.44. The highest BCUT2D eigenvalue weighted by Crippen LogP contribution is 2.38. The Bertz CT molecular complexity index is 872. The Balaban J connectivity index is 2.06. The minimum Gasteiger partial charge on any atom is -0.378 e. The van der Waals surface area contributed by atoms with Crippen molar-refractivity contribution in [2.75, 3.05) is 25.5 Å². The average molecular weight is 362 g/mol. The van der Waals surface area contributed by atoms with Crippen LogP contribution in [-0.2, 0) is 9.59 Å². The molecule has 27 heavy (non-hydrogen) atoms. The Kier molecular flexibility index (Phi) is 5.21. The van der Waals surface area contributed by atoms with Gasteiger partial charge >= 0.3 is 0 Å². The number of benzene rings is 2. The first-order chi connectivity index (χ1) is 13.0.